The first kappa shape index (κ1) is 48.5. The second-order valence-corrected chi connectivity index (χ2v) is 13.6. The van der Waals surface area contributed by atoms with Crippen LogP contribution in [0.3, 0.4) is 0 Å². The van der Waals surface area contributed by atoms with Gasteiger partial charge >= 0.3 is 11.9 Å². The molecule has 0 aromatic carbocycles. The minimum Gasteiger partial charge on any atom is -0.481 e. The molecule has 1 heterocycles. The van der Waals surface area contributed by atoms with E-state index in [9.17, 15) is 53.4 Å². The molecule has 1 unspecified atom stereocenters. The Hall–Kier alpha value is -5.50. The number of nitrogens with zero attached hydrogens (tertiary/aromatic N) is 2. The Bertz CT molecular complexity index is 1390. The zero-order valence-electron chi connectivity index (χ0n) is 32.1. The smallest absolute Gasteiger partial charge is 0.326 e. The third-order valence-electron chi connectivity index (χ3n) is 8.84. The molecule has 1 aliphatic heterocycles. The lowest BCUT2D eigenvalue weighted by Gasteiger charge is -2.28. The molecule has 4 atom stereocenters. The molecule has 0 spiro atoms. The molecule has 0 aliphatic carbocycles. The number of hydrogen-bond donors (Lipinski definition) is 10. The molecule has 1 fully saturated rings. The molecule has 1 aliphatic rings. The van der Waals surface area contributed by atoms with Crippen molar-refractivity contribution in [2.24, 2.45) is 22.2 Å². The topological polar surface area (TPSA) is 348 Å². The van der Waals surface area contributed by atoms with E-state index in [4.69, 9.17) is 17.2 Å². The van der Waals surface area contributed by atoms with Crippen LogP contribution in [-0.2, 0) is 43.2 Å². The Morgan fingerprint density at radius 3 is 1.86 bits per heavy atom. The molecule has 0 radical (unpaired) electrons. The minimum atomic E-state index is -1.80. The fourth-order valence-electron chi connectivity index (χ4n) is 5.96. The fraction of sp³-hybridized carbons (Fsp3) is 0.714. The van der Waals surface area contributed by atoms with E-state index in [0.29, 0.717) is 12.8 Å². The zero-order valence-corrected chi connectivity index (χ0v) is 32.1. The third-order valence-corrected chi connectivity index (χ3v) is 8.84. The van der Waals surface area contributed by atoms with E-state index in [2.05, 4.69) is 38.5 Å². The van der Waals surface area contributed by atoms with Gasteiger partial charge in [0, 0.05) is 19.5 Å². The summed E-state index contributed by atoms with van der Waals surface area (Å²) in [4.78, 5) is 117. The van der Waals surface area contributed by atoms with Crippen LogP contribution in [0.4, 0.5) is 0 Å². The number of nitrogens with two attached hydrogens (primary N) is 3. The Morgan fingerprint density at radius 1 is 0.696 bits per heavy atom. The van der Waals surface area contributed by atoms with Crippen molar-refractivity contribution in [3.63, 3.8) is 0 Å². The summed E-state index contributed by atoms with van der Waals surface area (Å²) in [6.45, 7) is 1.11. The van der Waals surface area contributed by atoms with Crippen LogP contribution in [0.2, 0.25) is 0 Å². The van der Waals surface area contributed by atoms with Crippen LogP contribution >= 0.6 is 0 Å². The molecule has 21 nitrogen and oxygen atoms in total. The van der Waals surface area contributed by atoms with Crippen LogP contribution in [0.15, 0.2) is 4.99 Å². The molecule has 1 saturated heterocycles. The number of aliphatic imine (C=N–C) groups is 1. The average Bonchev–Trinajstić information content (AvgIpc) is 3.63. The van der Waals surface area contributed by atoms with Crippen molar-refractivity contribution >= 4 is 59.2 Å². The molecule has 7 amide bonds. The average molecular weight is 797 g/mol. The van der Waals surface area contributed by atoms with Crippen molar-refractivity contribution in [2.75, 3.05) is 26.2 Å². The van der Waals surface area contributed by atoms with E-state index < -0.39 is 97.5 Å². The van der Waals surface area contributed by atoms with Crippen LogP contribution in [-0.4, -0.2) is 125 Å². The van der Waals surface area contributed by atoms with Crippen LogP contribution in [0.1, 0.15) is 110 Å². The van der Waals surface area contributed by atoms with Gasteiger partial charge in [0.1, 0.15) is 24.2 Å². The Balaban J connectivity index is 2.80. The summed E-state index contributed by atoms with van der Waals surface area (Å²) in [6, 6.07) is -5.88. The molecule has 56 heavy (non-hydrogen) atoms. The lowest BCUT2D eigenvalue weighted by Crippen LogP contribution is -2.57. The van der Waals surface area contributed by atoms with Gasteiger partial charge in [-0.15, -0.1) is 0 Å². The van der Waals surface area contributed by atoms with Gasteiger partial charge < -0.3 is 58.9 Å². The monoisotopic (exact) mass is 796 g/mol. The van der Waals surface area contributed by atoms with Gasteiger partial charge in [0.05, 0.1) is 25.9 Å². The number of hydrogen-bond acceptors (Lipinski definition) is 10. The molecule has 0 bridgehead atoms. The first-order valence-corrected chi connectivity index (χ1v) is 19.1. The molecule has 0 saturated carbocycles. The number of carbonyl (C=O) groups excluding carboxylic acids is 7. The highest BCUT2D eigenvalue weighted by Crippen LogP contribution is 2.19. The predicted molar refractivity (Wildman–Crippen MR) is 202 cm³/mol. The van der Waals surface area contributed by atoms with Crippen LogP contribution < -0.4 is 43.8 Å². The molecule has 0 aromatic heterocycles. The summed E-state index contributed by atoms with van der Waals surface area (Å²) in [7, 11) is 0. The van der Waals surface area contributed by atoms with E-state index in [1.54, 1.807) is 0 Å². The number of aliphatic carboxylic acids is 2. The van der Waals surface area contributed by atoms with Gasteiger partial charge in [-0.1, -0.05) is 58.3 Å². The second kappa shape index (κ2) is 27.1. The maximum atomic E-state index is 13.1. The van der Waals surface area contributed by atoms with Gasteiger partial charge in [-0.25, -0.2) is 4.79 Å². The van der Waals surface area contributed by atoms with Crippen LogP contribution in [0.5, 0.6) is 0 Å². The normalized spacial score (nSPS) is 15.0. The molecule has 0 aromatic rings. The summed E-state index contributed by atoms with van der Waals surface area (Å²) in [5.41, 5.74) is 15.9. The fourth-order valence-corrected chi connectivity index (χ4v) is 5.96. The highest BCUT2D eigenvalue weighted by Gasteiger charge is 2.39. The van der Waals surface area contributed by atoms with Gasteiger partial charge in [-0.3, -0.25) is 43.3 Å². The number of primary amides is 1. The zero-order chi connectivity index (χ0) is 42.0. The van der Waals surface area contributed by atoms with Gasteiger partial charge in [0.15, 0.2) is 5.96 Å². The largest absolute Gasteiger partial charge is 0.481 e. The lowest BCUT2D eigenvalue weighted by atomic mass is 10.1. The van der Waals surface area contributed by atoms with Gasteiger partial charge in [-0.2, -0.15) is 0 Å². The van der Waals surface area contributed by atoms with Crippen LogP contribution in [0.25, 0.3) is 0 Å². The second-order valence-electron chi connectivity index (χ2n) is 13.6. The van der Waals surface area contributed by atoms with Crippen molar-refractivity contribution in [1.82, 2.24) is 31.5 Å². The van der Waals surface area contributed by atoms with Crippen LogP contribution in [0, 0.1) is 0 Å². The minimum absolute atomic E-state index is 0.0153. The molecule has 13 N–H and O–H groups in total. The molecule has 21 heteroatoms. The lowest BCUT2D eigenvalue weighted by molar-refractivity contribution is -0.150. The van der Waals surface area contributed by atoms with E-state index in [1.165, 1.54) is 32.1 Å². The first-order valence-electron chi connectivity index (χ1n) is 19.1. The standard InChI is InChI=1S/C35H60N10O11/c1-2-3-4-5-6-7-8-9-10-15-27(47)40-20-28(48)42-22(13-11-16-39-35(37)38)31(52)41-21-29(49)43-23(19-30(50)51)32(53)44-24(18-26(36)46)33(54)45-17-12-14-25(45)34(55)56/h22-25H,2-21H2,1H3,(H2,36,46)(H,40,47)(H,41,52)(H,42,48)(H,43,49)(H,44,53)(H,50,51)(H,55,56)(H4,37,38,39)/t22-,23?,24-,25+/m1/s1. The summed E-state index contributed by atoms with van der Waals surface area (Å²) in [6.07, 6.45) is 9.00. The van der Waals surface area contributed by atoms with Crippen molar-refractivity contribution in [2.45, 2.75) is 134 Å². The highest BCUT2D eigenvalue weighted by molar-refractivity contribution is 5.98. The van der Waals surface area contributed by atoms with Crippen molar-refractivity contribution in [3.8, 4) is 0 Å². The number of amides is 7. The number of unbranched alkanes of at least 4 members (excludes halogenated alkanes) is 8. The molecular weight excluding hydrogens is 736 g/mol. The van der Waals surface area contributed by atoms with Gasteiger partial charge in [-0.05, 0) is 32.1 Å². The maximum absolute atomic E-state index is 13.1. The number of carbonyl (C=O) groups is 9. The van der Waals surface area contributed by atoms with E-state index in [1.807, 2.05) is 0 Å². The molecule has 316 valence electrons. The summed E-state index contributed by atoms with van der Waals surface area (Å²) >= 11 is 0. The van der Waals surface area contributed by atoms with E-state index in [0.717, 1.165) is 24.2 Å². The Kier molecular flexibility index (Phi) is 23.5. The van der Waals surface area contributed by atoms with Gasteiger partial charge in [0.25, 0.3) is 0 Å². The number of nitrogens with one attached hydrogen (secondary N) is 5. The quantitative estimate of drug-likeness (QED) is 0.0224. The number of rotatable bonds is 29. The van der Waals surface area contributed by atoms with Gasteiger partial charge in [0.2, 0.25) is 41.4 Å². The van der Waals surface area contributed by atoms with Crippen molar-refractivity contribution in [3.05, 3.63) is 0 Å². The van der Waals surface area contributed by atoms with Crippen molar-refractivity contribution < 1.29 is 53.4 Å². The van der Waals surface area contributed by atoms with Crippen molar-refractivity contribution in [1.29, 1.82) is 0 Å². The number of likely N-dealkylation sites (tertiary alicyclic amines) is 1. The third kappa shape index (κ3) is 20.8. The Labute approximate surface area is 326 Å². The molecule has 1 rings (SSSR count). The summed E-state index contributed by atoms with van der Waals surface area (Å²) in [5.74, 6) is -9.01. The number of guanidine groups is 1. The first-order chi connectivity index (χ1) is 26.5. The van der Waals surface area contributed by atoms with E-state index in [-0.39, 0.29) is 50.6 Å². The molecular formula is C35H60N10O11. The maximum Gasteiger partial charge on any atom is 0.326 e. The van der Waals surface area contributed by atoms with E-state index >= 15 is 0 Å². The summed E-state index contributed by atoms with van der Waals surface area (Å²) in [5, 5.41) is 30.5. The number of carboxylic acid groups (broad SMARTS) is 2. The Morgan fingerprint density at radius 2 is 1.29 bits per heavy atom. The number of carboxylic acids is 2. The predicted octanol–water partition coefficient (Wildman–Crippen LogP) is -1.93. The SMILES string of the molecule is CCCCCCCCCCCC(=O)NCC(=O)N[C@H](CCCN=C(N)N)C(=O)NCC(=O)NC(CC(=O)O)C(=O)N[C@H](CC(N)=O)C(=O)N1CCC[C@H]1C(=O)O. The highest BCUT2D eigenvalue weighted by atomic mass is 16.4. The summed E-state index contributed by atoms with van der Waals surface area (Å²) < 4.78 is 0.